The quantitative estimate of drug-likeness (QED) is 0.844. The summed E-state index contributed by atoms with van der Waals surface area (Å²) in [7, 11) is 0. The van der Waals surface area contributed by atoms with Gasteiger partial charge < -0.3 is 5.11 Å². The molecule has 2 rings (SSSR count). The molecule has 1 aromatic carbocycles. The summed E-state index contributed by atoms with van der Waals surface area (Å²) in [5, 5.41) is 9.70. The van der Waals surface area contributed by atoms with Crippen molar-refractivity contribution in [3.63, 3.8) is 0 Å². The molecule has 0 heterocycles. The van der Waals surface area contributed by atoms with Gasteiger partial charge in [-0.2, -0.15) is 0 Å². The Hall–Kier alpha value is -0.900. The summed E-state index contributed by atoms with van der Waals surface area (Å²) >= 11 is 13.8. The molecule has 0 unspecified atom stereocenters. The van der Waals surface area contributed by atoms with Crippen LogP contribution in [0.2, 0.25) is 0 Å². The molecular weight excluding hydrogens is 303 g/mol. The van der Waals surface area contributed by atoms with Crippen molar-refractivity contribution in [2.75, 3.05) is 0 Å². The summed E-state index contributed by atoms with van der Waals surface area (Å²) in [6.45, 7) is 0. The minimum absolute atomic E-state index is 0.466. The Kier molecular flexibility index (Phi) is 4.61. The molecule has 0 fully saturated rings. The van der Waals surface area contributed by atoms with E-state index in [9.17, 15) is 9.90 Å². The molecule has 0 saturated heterocycles. The first-order chi connectivity index (χ1) is 9.01. The number of hydrogen-bond acceptors (Lipinski definition) is 2. The molecule has 0 amide bonds. The number of carboxylic acids is 1. The lowest BCUT2D eigenvalue weighted by molar-refractivity contribution is -0.140. The molecule has 1 aliphatic carbocycles. The fourth-order valence-electron chi connectivity index (χ4n) is 1.80. The van der Waals surface area contributed by atoms with Gasteiger partial charge in [0.05, 0.1) is 0 Å². The maximum absolute atomic E-state index is 11.3. The molecule has 1 N–H and O–H groups in total. The Morgan fingerprint density at radius 2 is 2.05 bits per heavy atom. The number of alkyl halides is 1. The molecule has 5 heteroatoms. The minimum Gasteiger partial charge on any atom is -0.481 e. The maximum Gasteiger partial charge on any atom is 0.313 e. The number of hydrogen-bond donors (Lipinski definition) is 1. The van der Waals surface area contributed by atoms with E-state index in [-0.39, 0.29) is 0 Å². The average Bonchev–Trinajstić information content (AvgIpc) is 2.37. The Labute approximate surface area is 126 Å². The van der Waals surface area contributed by atoms with Crippen LogP contribution < -0.4 is 0 Å². The van der Waals surface area contributed by atoms with Gasteiger partial charge in [0.25, 0.3) is 0 Å². The van der Waals surface area contributed by atoms with Gasteiger partial charge in [0, 0.05) is 10.8 Å². The van der Waals surface area contributed by atoms with Crippen LogP contribution >= 0.6 is 35.0 Å². The molecule has 2 nitrogen and oxygen atoms in total. The number of thioether (sulfide) groups is 1. The number of rotatable bonds is 4. The monoisotopic (exact) mass is 314 g/mol. The topological polar surface area (TPSA) is 37.3 Å². The van der Waals surface area contributed by atoms with Crippen molar-refractivity contribution < 1.29 is 9.90 Å². The van der Waals surface area contributed by atoms with Crippen LogP contribution in [0.5, 0.6) is 0 Å². The second kappa shape index (κ2) is 6.04. The number of carbonyl (C=O) groups is 1. The van der Waals surface area contributed by atoms with Crippen LogP contribution in [-0.4, -0.2) is 15.3 Å². The molecule has 0 spiro atoms. The Balaban J connectivity index is 2.15. The predicted octanol–water partition coefficient (Wildman–Crippen LogP) is 4.25. The lowest BCUT2D eigenvalue weighted by Crippen LogP contribution is -2.33. The van der Waals surface area contributed by atoms with Gasteiger partial charge in [0.15, 0.2) is 0 Å². The molecule has 0 aliphatic heterocycles. The summed E-state index contributed by atoms with van der Waals surface area (Å²) in [5.41, 5.74) is 1.09. The van der Waals surface area contributed by atoms with Gasteiger partial charge in [0.1, 0.15) is 10.1 Å². The van der Waals surface area contributed by atoms with E-state index in [2.05, 4.69) is 0 Å². The standard InChI is InChI=1S/C14H12Cl2O2S/c15-11-6-7-12(13(17)18)14(16,8-11)19-9-10-4-2-1-3-5-10/h1-8,12H,9H2,(H,17,18)/t12-,14-/m0/s1. The largest absolute Gasteiger partial charge is 0.481 e. The number of halogens is 2. The molecule has 1 aliphatic rings. The van der Waals surface area contributed by atoms with Gasteiger partial charge in [-0.15, -0.1) is 23.4 Å². The first-order valence-electron chi connectivity index (χ1n) is 5.67. The third-order valence-corrected chi connectivity index (χ3v) is 4.97. The number of carboxylic acid groups (broad SMARTS) is 1. The van der Waals surface area contributed by atoms with E-state index in [0.29, 0.717) is 10.8 Å². The van der Waals surface area contributed by atoms with Gasteiger partial charge >= 0.3 is 5.97 Å². The predicted molar refractivity (Wildman–Crippen MR) is 80.5 cm³/mol. The molecule has 100 valence electrons. The highest BCUT2D eigenvalue weighted by Gasteiger charge is 2.41. The van der Waals surface area contributed by atoms with E-state index < -0.39 is 16.1 Å². The highest BCUT2D eigenvalue weighted by atomic mass is 35.5. The molecule has 0 saturated carbocycles. The van der Waals surface area contributed by atoms with Crippen LogP contribution in [0.15, 0.2) is 53.6 Å². The van der Waals surface area contributed by atoms with Crippen molar-refractivity contribution in [1.29, 1.82) is 0 Å². The van der Waals surface area contributed by atoms with Crippen molar-refractivity contribution in [2.24, 2.45) is 5.92 Å². The number of benzene rings is 1. The van der Waals surface area contributed by atoms with Crippen molar-refractivity contribution >= 4 is 40.9 Å². The molecule has 2 atom stereocenters. The van der Waals surface area contributed by atoms with Crippen LogP contribution in [0.3, 0.4) is 0 Å². The molecule has 19 heavy (non-hydrogen) atoms. The van der Waals surface area contributed by atoms with Crippen molar-refractivity contribution in [3.8, 4) is 0 Å². The highest BCUT2D eigenvalue weighted by Crippen LogP contribution is 2.45. The van der Waals surface area contributed by atoms with Gasteiger partial charge in [-0.3, -0.25) is 4.79 Å². The minimum atomic E-state index is -1.05. The van der Waals surface area contributed by atoms with E-state index >= 15 is 0 Å². The van der Waals surface area contributed by atoms with Crippen molar-refractivity contribution in [1.82, 2.24) is 0 Å². The molecule has 0 bridgehead atoms. The molecule has 0 aromatic heterocycles. The van der Waals surface area contributed by atoms with Crippen molar-refractivity contribution in [2.45, 2.75) is 9.96 Å². The fraction of sp³-hybridized carbons (Fsp3) is 0.214. The second-order valence-corrected chi connectivity index (χ2v) is 6.72. The summed E-state index contributed by atoms with van der Waals surface area (Å²) in [6, 6.07) is 9.77. The van der Waals surface area contributed by atoms with Crippen LogP contribution in [-0.2, 0) is 10.5 Å². The zero-order valence-electron chi connectivity index (χ0n) is 9.92. The first-order valence-corrected chi connectivity index (χ1v) is 7.41. The zero-order valence-corrected chi connectivity index (χ0v) is 12.3. The van der Waals surface area contributed by atoms with Crippen LogP contribution in [0.4, 0.5) is 0 Å². The van der Waals surface area contributed by atoms with Crippen molar-refractivity contribution in [3.05, 3.63) is 59.2 Å². The summed E-state index contributed by atoms with van der Waals surface area (Å²) < 4.78 is -1.05. The molecular formula is C14H12Cl2O2S. The summed E-state index contributed by atoms with van der Waals surface area (Å²) in [5.74, 6) is -1.11. The van der Waals surface area contributed by atoms with Crippen LogP contribution in [0, 0.1) is 5.92 Å². The molecule has 0 radical (unpaired) electrons. The van der Waals surface area contributed by atoms with Gasteiger partial charge in [-0.25, -0.2) is 0 Å². The Bertz CT molecular complexity index is 528. The smallest absolute Gasteiger partial charge is 0.313 e. The number of aliphatic carboxylic acids is 1. The Morgan fingerprint density at radius 3 is 2.68 bits per heavy atom. The van der Waals surface area contributed by atoms with Gasteiger partial charge in [-0.1, -0.05) is 48.0 Å². The van der Waals surface area contributed by atoms with Gasteiger partial charge in [0.2, 0.25) is 0 Å². The lowest BCUT2D eigenvalue weighted by Gasteiger charge is -2.30. The maximum atomic E-state index is 11.3. The fourth-order valence-corrected chi connectivity index (χ4v) is 3.76. The SMILES string of the molecule is O=C(O)[C@@H]1C=CC(Cl)=C[C@]1(Cl)SCc1ccccc1. The third-order valence-electron chi connectivity index (χ3n) is 2.78. The van der Waals surface area contributed by atoms with E-state index in [0.717, 1.165) is 5.56 Å². The highest BCUT2D eigenvalue weighted by molar-refractivity contribution is 8.01. The van der Waals surface area contributed by atoms with Crippen LogP contribution in [0.1, 0.15) is 5.56 Å². The lowest BCUT2D eigenvalue weighted by atomic mass is 10.00. The van der Waals surface area contributed by atoms with E-state index in [1.54, 1.807) is 12.2 Å². The molecule has 1 aromatic rings. The average molecular weight is 315 g/mol. The van der Waals surface area contributed by atoms with E-state index in [1.807, 2.05) is 30.3 Å². The zero-order chi connectivity index (χ0) is 13.9. The van der Waals surface area contributed by atoms with Gasteiger partial charge in [-0.05, 0) is 17.7 Å². The van der Waals surface area contributed by atoms with Crippen LogP contribution in [0.25, 0.3) is 0 Å². The Morgan fingerprint density at radius 1 is 1.37 bits per heavy atom. The number of allylic oxidation sites excluding steroid dienone is 2. The summed E-state index contributed by atoms with van der Waals surface area (Å²) in [6.07, 6.45) is 4.71. The summed E-state index contributed by atoms with van der Waals surface area (Å²) in [4.78, 5) is 11.3. The second-order valence-electron chi connectivity index (χ2n) is 4.18. The van der Waals surface area contributed by atoms with E-state index in [4.69, 9.17) is 23.2 Å². The normalized spacial score (nSPS) is 26.0. The third kappa shape index (κ3) is 3.56. The first kappa shape index (κ1) is 14.5. The van der Waals surface area contributed by atoms with E-state index in [1.165, 1.54) is 17.8 Å².